The Hall–Kier alpha value is -4.37. The molecule has 0 aliphatic carbocycles. The highest BCUT2D eigenvalue weighted by molar-refractivity contribution is 7.13. The average Bonchev–Trinajstić information content (AvgIpc) is 3.66. The van der Waals surface area contributed by atoms with Gasteiger partial charge in [0.2, 0.25) is 0 Å². The number of aromatic amines is 2. The molecule has 2 aromatic carbocycles. The number of fused-ring (bicyclic) bond motifs is 1. The Morgan fingerprint density at radius 3 is 2.79 bits per heavy atom. The number of hydrogen-bond donors (Lipinski definition) is 2. The molecule has 0 saturated heterocycles. The lowest BCUT2D eigenvalue weighted by Gasteiger charge is -1.99. The summed E-state index contributed by atoms with van der Waals surface area (Å²) in [6, 6.07) is 16.0. The molecular weight excluding hydrogens is 446 g/mol. The Labute approximate surface area is 198 Å². The summed E-state index contributed by atoms with van der Waals surface area (Å²) in [6.45, 7) is 0.555. The fourth-order valence-corrected chi connectivity index (χ4v) is 4.75. The van der Waals surface area contributed by atoms with Crippen LogP contribution in [0.3, 0.4) is 0 Å². The summed E-state index contributed by atoms with van der Waals surface area (Å²) in [5, 5.41) is 22.3. The number of Topliss-reactive ketones (excluding diaryl/α,β-unsaturated/α-hetero) is 1. The molecule has 0 aliphatic rings. The Morgan fingerprint density at radius 2 is 1.94 bits per heavy atom. The maximum Gasteiger partial charge on any atom is 0.188 e. The summed E-state index contributed by atoms with van der Waals surface area (Å²) in [4.78, 5) is 17.7. The zero-order valence-corrected chi connectivity index (χ0v) is 18.8. The lowest BCUT2D eigenvalue weighted by Crippen LogP contribution is -2.04. The third-order valence-corrected chi connectivity index (χ3v) is 6.55. The van der Waals surface area contributed by atoms with Crippen LogP contribution in [0.15, 0.2) is 78.7 Å². The zero-order chi connectivity index (χ0) is 22.9. The van der Waals surface area contributed by atoms with Gasteiger partial charge in [0, 0.05) is 40.7 Å². The van der Waals surface area contributed by atoms with Crippen LogP contribution in [0.5, 0.6) is 0 Å². The van der Waals surface area contributed by atoms with Crippen molar-refractivity contribution in [1.29, 1.82) is 0 Å². The predicted octanol–water partition coefficient (Wildman–Crippen LogP) is 4.75. The number of ketones is 1. The number of nitrogens with one attached hydrogen (secondary N) is 2. The van der Waals surface area contributed by atoms with Crippen molar-refractivity contribution in [1.82, 2.24) is 35.2 Å². The van der Waals surface area contributed by atoms with Crippen LogP contribution >= 0.6 is 11.3 Å². The third-order valence-electron chi connectivity index (χ3n) is 5.61. The summed E-state index contributed by atoms with van der Waals surface area (Å²) < 4.78 is 1.81. The number of benzene rings is 2. The van der Waals surface area contributed by atoms with Gasteiger partial charge in [0.1, 0.15) is 10.7 Å². The van der Waals surface area contributed by atoms with Crippen LogP contribution in [-0.4, -0.2) is 40.9 Å². The van der Waals surface area contributed by atoms with E-state index in [2.05, 4.69) is 37.6 Å². The van der Waals surface area contributed by atoms with E-state index in [-0.39, 0.29) is 12.2 Å². The Bertz CT molecular complexity index is 1580. The Balaban J connectivity index is 1.15. The molecule has 0 atom stereocenters. The standard InChI is InChI=1S/C25H19N7OS/c33-23(24-21-7-6-18(9-22(21)30-31-24)19-11-26-27-12-19)8-16-10-28-32(13-16)14-20-15-34-25(29-20)17-4-2-1-3-5-17/h1-7,9-13,15H,8,14H2,(H,26,27)(H,30,31). The minimum atomic E-state index is -0.0538. The summed E-state index contributed by atoms with van der Waals surface area (Å²) in [5.41, 5.74) is 6.12. The molecule has 34 heavy (non-hydrogen) atoms. The van der Waals surface area contributed by atoms with E-state index in [1.165, 1.54) is 0 Å². The van der Waals surface area contributed by atoms with Gasteiger partial charge < -0.3 is 0 Å². The van der Waals surface area contributed by atoms with E-state index in [9.17, 15) is 4.79 Å². The lowest BCUT2D eigenvalue weighted by molar-refractivity contribution is 0.0989. The van der Waals surface area contributed by atoms with Crippen molar-refractivity contribution in [2.75, 3.05) is 0 Å². The van der Waals surface area contributed by atoms with Crippen molar-refractivity contribution >= 4 is 28.0 Å². The number of thiazole rings is 1. The molecule has 6 aromatic rings. The van der Waals surface area contributed by atoms with E-state index in [1.807, 2.05) is 58.9 Å². The smallest absolute Gasteiger partial charge is 0.188 e. The molecule has 4 aromatic heterocycles. The monoisotopic (exact) mass is 465 g/mol. The first kappa shape index (κ1) is 20.3. The molecule has 0 saturated carbocycles. The Morgan fingerprint density at radius 1 is 1.03 bits per heavy atom. The van der Waals surface area contributed by atoms with Crippen molar-refractivity contribution in [3.8, 4) is 21.7 Å². The molecule has 2 N–H and O–H groups in total. The van der Waals surface area contributed by atoms with Crippen LogP contribution in [-0.2, 0) is 13.0 Å². The zero-order valence-electron chi connectivity index (χ0n) is 18.0. The summed E-state index contributed by atoms with van der Waals surface area (Å²) in [6.07, 6.45) is 7.44. The highest BCUT2D eigenvalue weighted by atomic mass is 32.1. The molecule has 8 nitrogen and oxygen atoms in total. The number of carbonyl (C=O) groups is 1. The van der Waals surface area contributed by atoms with Crippen molar-refractivity contribution in [2.45, 2.75) is 13.0 Å². The van der Waals surface area contributed by atoms with Crippen molar-refractivity contribution in [2.24, 2.45) is 0 Å². The SMILES string of the molecule is O=C(Cc1cnn(Cc2csc(-c3ccccc3)n2)c1)c1n[nH]c2cc(-c3cn[nH]c3)ccc12. The highest BCUT2D eigenvalue weighted by Crippen LogP contribution is 2.26. The summed E-state index contributed by atoms with van der Waals surface area (Å²) in [7, 11) is 0. The molecule has 0 fully saturated rings. The summed E-state index contributed by atoms with van der Waals surface area (Å²) in [5.74, 6) is -0.0538. The van der Waals surface area contributed by atoms with Crippen molar-refractivity contribution in [3.05, 3.63) is 95.6 Å². The molecule has 0 amide bonds. The van der Waals surface area contributed by atoms with Gasteiger partial charge in [-0.1, -0.05) is 36.4 Å². The molecule has 0 aliphatic heterocycles. The molecule has 0 radical (unpaired) electrons. The Kier molecular flexibility index (Phi) is 5.08. The normalized spacial score (nSPS) is 11.3. The molecule has 0 bridgehead atoms. The van der Waals surface area contributed by atoms with E-state index >= 15 is 0 Å². The van der Waals surface area contributed by atoms with E-state index in [0.29, 0.717) is 12.2 Å². The molecule has 0 spiro atoms. The van der Waals surface area contributed by atoms with Crippen molar-refractivity contribution in [3.63, 3.8) is 0 Å². The first-order valence-corrected chi connectivity index (χ1v) is 11.6. The van der Waals surface area contributed by atoms with Crippen LogP contribution in [0.1, 0.15) is 21.7 Å². The van der Waals surface area contributed by atoms with Gasteiger partial charge in [0.15, 0.2) is 5.78 Å². The molecular formula is C25H19N7OS. The van der Waals surface area contributed by atoms with E-state index in [0.717, 1.165) is 43.9 Å². The second-order valence-electron chi connectivity index (χ2n) is 7.98. The van der Waals surface area contributed by atoms with Gasteiger partial charge >= 0.3 is 0 Å². The second kappa shape index (κ2) is 8.53. The number of rotatable bonds is 7. The van der Waals surface area contributed by atoms with Gasteiger partial charge in [-0.15, -0.1) is 11.3 Å². The molecule has 166 valence electrons. The number of H-pyrrole nitrogens is 2. The van der Waals surface area contributed by atoms with Gasteiger partial charge in [0.05, 0.1) is 30.1 Å². The van der Waals surface area contributed by atoms with E-state index in [1.54, 1.807) is 23.7 Å². The largest absolute Gasteiger partial charge is 0.292 e. The second-order valence-corrected chi connectivity index (χ2v) is 8.83. The van der Waals surface area contributed by atoms with Gasteiger partial charge in [-0.3, -0.25) is 19.7 Å². The van der Waals surface area contributed by atoms with Crippen LogP contribution < -0.4 is 0 Å². The van der Waals surface area contributed by atoms with Crippen LogP contribution in [0.25, 0.3) is 32.6 Å². The van der Waals surface area contributed by atoms with Crippen molar-refractivity contribution < 1.29 is 4.79 Å². The van der Waals surface area contributed by atoms with Crippen LogP contribution in [0.4, 0.5) is 0 Å². The maximum absolute atomic E-state index is 13.0. The fraction of sp³-hybridized carbons (Fsp3) is 0.0800. The number of nitrogens with zero attached hydrogens (tertiary/aromatic N) is 5. The van der Waals surface area contributed by atoms with Gasteiger partial charge in [0.25, 0.3) is 0 Å². The average molecular weight is 466 g/mol. The molecule has 0 unspecified atom stereocenters. The first-order valence-electron chi connectivity index (χ1n) is 10.7. The molecule has 6 rings (SSSR count). The quantitative estimate of drug-likeness (QED) is 0.331. The lowest BCUT2D eigenvalue weighted by atomic mass is 10.0. The number of hydrogen-bond acceptors (Lipinski definition) is 6. The predicted molar refractivity (Wildman–Crippen MR) is 131 cm³/mol. The number of aromatic nitrogens is 7. The fourth-order valence-electron chi connectivity index (χ4n) is 3.93. The number of carbonyl (C=O) groups excluding carboxylic acids is 1. The van der Waals surface area contributed by atoms with Gasteiger partial charge in [-0.25, -0.2) is 4.98 Å². The molecule has 9 heteroatoms. The third kappa shape index (κ3) is 3.93. The highest BCUT2D eigenvalue weighted by Gasteiger charge is 2.16. The first-order chi connectivity index (χ1) is 16.7. The van der Waals surface area contributed by atoms with Gasteiger partial charge in [-0.2, -0.15) is 15.3 Å². The topological polar surface area (TPSA) is 105 Å². The van der Waals surface area contributed by atoms with E-state index < -0.39 is 0 Å². The summed E-state index contributed by atoms with van der Waals surface area (Å²) >= 11 is 1.62. The van der Waals surface area contributed by atoms with Crippen LogP contribution in [0, 0.1) is 0 Å². The van der Waals surface area contributed by atoms with Crippen LogP contribution in [0.2, 0.25) is 0 Å². The van der Waals surface area contributed by atoms with E-state index in [4.69, 9.17) is 4.98 Å². The maximum atomic E-state index is 13.0. The van der Waals surface area contributed by atoms with Gasteiger partial charge in [-0.05, 0) is 23.3 Å². The minimum absolute atomic E-state index is 0.0538. The minimum Gasteiger partial charge on any atom is -0.292 e. The molecule has 4 heterocycles.